The van der Waals surface area contributed by atoms with Gasteiger partial charge in [-0.05, 0) is 37.3 Å². The number of rotatable bonds is 5. The van der Waals surface area contributed by atoms with Gasteiger partial charge in [-0.15, -0.1) is 4.83 Å². The van der Waals surface area contributed by atoms with E-state index in [-0.39, 0.29) is 26.2 Å². The fourth-order valence-corrected chi connectivity index (χ4v) is 3.32. The Hall–Kier alpha value is -2.66. The van der Waals surface area contributed by atoms with E-state index in [0.29, 0.717) is 5.76 Å². The number of sulfonamides is 1. The Bertz CT molecular complexity index is 1200. The van der Waals surface area contributed by atoms with Crippen LogP contribution in [0.15, 0.2) is 56.9 Å². The molecule has 0 aliphatic heterocycles. The third-order valence-electron chi connectivity index (χ3n) is 3.67. The zero-order valence-electron chi connectivity index (χ0n) is 14.1. The molecule has 12 heteroatoms. The Balaban J connectivity index is 1.79. The summed E-state index contributed by atoms with van der Waals surface area (Å²) in [5.74, 6) is -0.321. The van der Waals surface area contributed by atoms with Gasteiger partial charge in [0.05, 0.1) is 33.6 Å². The smallest absolute Gasteiger partial charge is 0.291 e. The van der Waals surface area contributed by atoms with E-state index in [1.165, 1.54) is 42.8 Å². The molecule has 1 amide bonds. The summed E-state index contributed by atoms with van der Waals surface area (Å²) in [6, 6.07) is 6.60. The molecule has 2 heterocycles. The van der Waals surface area contributed by atoms with Crippen LogP contribution in [0, 0.1) is 6.92 Å². The van der Waals surface area contributed by atoms with Crippen LogP contribution in [0.1, 0.15) is 16.1 Å². The maximum absolute atomic E-state index is 12.3. The van der Waals surface area contributed by atoms with Crippen LogP contribution < -0.4 is 15.8 Å². The van der Waals surface area contributed by atoms with Gasteiger partial charge in [-0.1, -0.05) is 23.2 Å². The minimum absolute atomic E-state index is 0.00918. The van der Waals surface area contributed by atoms with E-state index in [9.17, 15) is 18.0 Å². The summed E-state index contributed by atoms with van der Waals surface area (Å²) >= 11 is 11.5. The molecule has 0 saturated carbocycles. The molecule has 0 atom stereocenters. The minimum Gasteiger partial charge on any atom is -0.469 e. The summed E-state index contributed by atoms with van der Waals surface area (Å²) in [4.78, 5) is 25.9. The number of furan rings is 1. The number of nitrogens with one attached hydrogen (secondary N) is 2. The van der Waals surface area contributed by atoms with Crippen molar-refractivity contribution in [2.75, 3.05) is 0 Å². The van der Waals surface area contributed by atoms with E-state index < -0.39 is 21.5 Å². The zero-order valence-corrected chi connectivity index (χ0v) is 16.5. The Kier molecular flexibility index (Phi) is 5.57. The first-order valence-corrected chi connectivity index (χ1v) is 9.84. The highest BCUT2D eigenvalue weighted by Crippen LogP contribution is 2.17. The summed E-state index contributed by atoms with van der Waals surface area (Å²) in [7, 11) is -4.05. The average Bonchev–Trinajstić information content (AvgIpc) is 3.10. The number of halogens is 2. The summed E-state index contributed by atoms with van der Waals surface area (Å²) in [5, 5.41) is 3.66. The molecule has 0 unspecified atom stereocenters. The lowest BCUT2D eigenvalue weighted by Gasteiger charge is -2.09. The molecule has 1 aromatic carbocycles. The molecule has 0 radical (unpaired) electrons. The molecule has 0 saturated heterocycles. The van der Waals surface area contributed by atoms with Crippen molar-refractivity contribution in [2.45, 2.75) is 11.8 Å². The largest absolute Gasteiger partial charge is 0.469 e. The van der Waals surface area contributed by atoms with Crippen LogP contribution in [0.4, 0.5) is 0 Å². The van der Waals surface area contributed by atoms with Crippen molar-refractivity contribution in [1.29, 1.82) is 0 Å². The summed E-state index contributed by atoms with van der Waals surface area (Å²) in [6.45, 7) is 1.57. The number of benzene rings is 1. The molecule has 0 spiro atoms. The van der Waals surface area contributed by atoms with Crippen LogP contribution in [0.3, 0.4) is 0 Å². The van der Waals surface area contributed by atoms with Crippen LogP contribution in [-0.2, 0) is 10.0 Å². The molecular weight excluding hydrogens is 431 g/mol. The fourth-order valence-electron chi connectivity index (χ4n) is 2.22. The van der Waals surface area contributed by atoms with Crippen molar-refractivity contribution in [3.05, 3.63) is 74.5 Å². The molecule has 3 aromatic rings. The summed E-state index contributed by atoms with van der Waals surface area (Å²) in [5.41, 5.74) is 1.93. The van der Waals surface area contributed by atoms with Crippen LogP contribution in [0.5, 0.6) is 0 Å². The normalized spacial score (nSPS) is 11.4. The Morgan fingerprint density at radius 3 is 2.46 bits per heavy atom. The van der Waals surface area contributed by atoms with E-state index in [2.05, 4.69) is 10.5 Å². The van der Waals surface area contributed by atoms with E-state index >= 15 is 0 Å². The third kappa shape index (κ3) is 3.94. The topological polar surface area (TPSA) is 123 Å². The predicted molar refractivity (Wildman–Crippen MR) is 101 cm³/mol. The maximum atomic E-state index is 12.3. The molecule has 0 bridgehead atoms. The second-order valence-electron chi connectivity index (χ2n) is 5.47. The van der Waals surface area contributed by atoms with Crippen molar-refractivity contribution in [1.82, 2.24) is 20.0 Å². The molecule has 2 aromatic heterocycles. The lowest BCUT2D eigenvalue weighted by Crippen LogP contribution is -2.41. The van der Waals surface area contributed by atoms with Crippen LogP contribution in [0.2, 0.25) is 10.0 Å². The molecule has 0 aliphatic carbocycles. The quantitative estimate of drug-likeness (QED) is 0.582. The number of nitrogens with zero attached hydrogens (tertiary/aromatic N) is 2. The van der Waals surface area contributed by atoms with Gasteiger partial charge in [0.15, 0.2) is 0 Å². The van der Waals surface area contributed by atoms with Gasteiger partial charge in [-0.2, -0.15) is 9.78 Å². The number of aryl methyl sites for hydroxylation is 1. The van der Waals surface area contributed by atoms with Gasteiger partial charge in [0.1, 0.15) is 10.8 Å². The van der Waals surface area contributed by atoms with Crippen LogP contribution in [0.25, 0.3) is 5.69 Å². The molecular formula is C16H12Cl2N4O5S. The summed E-state index contributed by atoms with van der Waals surface area (Å²) < 4.78 is 30.6. The first kappa shape index (κ1) is 20.1. The van der Waals surface area contributed by atoms with Gasteiger partial charge in [0.2, 0.25) is 0 Å². The zero-order chi connectivity index (χ0) is 20.5. The van der Waals surface area contributed by atoms with Crippen molar-refractivity contribution >= 4 is 39.1 Å². The van der Waals surface area contributed by atoms with E-state index in [1.54, 1.807) is 6.92 Å². The number of hydrazine groups is 1. The molecule has 3 rings (SSSR count). The second-order valence-corrected chi connectivity index (χ2v) is 7.93. The number of hydrogen-bond acceptors (Lipinski definition) is 6. The molecule has 2 N–H and O–H groups in total. The first-order chi connectivity index (χ1) is 13.2. The van der Waals surface area contributed by atoms with Gasteiger partial charge in [0, 0.05) is 0 Å². The van der Waals surface area contributed by atoms with Gasteiger partial charge >= 0.3 is 0 Å². The first-order valence-electron chi connectivity index (χ1n) is 7.61. The SMILES string of the molecule is Cc1occc1C(=O)NNS(=O)(=O)c1ccc(-n2ncc(Cl)c(Cl)c2=O)cc1. The van der Waals surface area contributed by atoms with Crippen molar-refractivity contribution < 1.29 is 17.6 Å². The number of aromatic nitrogens is 2. The van der Waals surface area contributed by atoms with E-state index in [4.69, 9.17) is 27.6 Å². The van der Waals surface area contributed by atoms with Crippen molar-refractivity contribution in [3.8, 4) is 5.69 Å². The number of hydrogen-bond donors (Lipinski definition) is 2. The second kappa shape index (κ2) is 7.76. The highest BCUT2D eigenvalue weighted by Gasteiger charge is 2.18. The van der Waals surface area contributed by atoms with Gasteiger partial charge < -0.3 is 4.42 Å². The van der Waals surface area contributed by atoms with E-state index in [1.807, 2.05) is 4.83 Å². The third-order valence-corrected chi connectivity index (χ3v) is 5.68. The molecule has 28 heavy (non-hydrogen) atoms. The van der Waals surface area contributed by atoms with Gasteiger partial charge in [-0.3, -0.25) is 15.0 Å². The lowest BCUT2D eigenvalue weighted by atomic mass is 10.2. The minimum atomic E-state index is -4.05. The number of amides is 1. The van der Waals surface area contributed by atoms with Gasteiger partial charge in [0.25, 0.3) is 21.5 Å². The fraction of sp³-hybridized carbons (Fsp3) is 0.0625. The maximum Gasteiger partial charge on any atom is 0.291 e. The number of carbonyl (C=O) groups excluding carboxylic acids is 1. The Morgan fingerprint density at radius 2 is 1.86 bits per heavy atom. The molecule has 9 nitrogen and oxygen atoms in total. The Morgan fingerprint density at radius 1 is 1.18 bits per heavy atom. The number of carbonyl (C=O) groups is 1. The van der Waals surface area contributed by atoms with Crippen molar-refractivity contribution in [3.63, 3.8) is 0 Å². The predicted octanol–water partition coefficient (Wildman–Crippen LogP) is 2.06. The standard InChI is InChI=1S/C16H12Cl2N4O5S/c1-9-12(6-7-27-9)15(23)20-21-28(25,26)11-4-2-10(3-5-11)22-16(24)14(18)13(17)8-19-22/h2-8,21H,1H3,(H,20,23). The highest BCUT2D eigenvalue weighted by molar-refractivity contribution is 7.89. The van der Waals surface area contributed by atoms with Gasteiger partial charge in [-0.25, -0.2) is 8.42 Å². The monoisotopic (exact) mass is 442 g/mol. The molecule has 0 aliphatic rings. The Labute approximate surface area is 168 Å². The summed E-state index contributed by atoms with van der Waals surface area (Å²) in [6.07, 6.45) is 2.52. The molecule has 0 fully saturated rings. The van der Waals surface area contributed by atoms with E-state index in [0.717, 1.165) is 4.68 Å². The molecule has 146 valence electrons. The van der Waals surface area contributed by atoms with Crippen LogP contribution in [-0.4, -0.2) is 24.1 Å². The highest BCUT2D eigenvalue weighted by atomic mass is 35.5. The van der Waals surface area contributed by atoms with Crippen molar-refractivity contribution in [2.24, 2.45) is 0 Å². The van der Waals surface area contributed by atoms with Crippen LogP contribution >= 0.6 is 23.2 Å². The lowest BCUT2D eigenvalue weighted by molar-refractivity contribution is 0.0943. The average molecular weight is 443 g/mol.